The van der Waals surface area contributed by atoms with E-state index in [-0.39, 0.29) is 29.6 Å². The second kappa shape index (κ2) is 10.6. The molecule has 1 fully saturated rings. The summed E-state index contributed by atoms with van der Waals surface area (Å²) in [6.07, 6.45) is 1.18. The van der Waals surface area contributed by atoms with Gasteiger partial charge in [-0.2, -0.15) is 0 Å². The van der Waals surface area contributed by atoms with Crippen molar-refractivity contribution in [1.29, 1.82) is 0 Å². The Labute approximate surface area is 211 Å². The number of aromatic amines is 1. The van der Waals surface area contributed by atoms with Crippen LogP contribution >= 0.6 is 8.35 Å². The van der Waals surface area contributed by atoms with Crippen LogP contribution in [0.3, 0.4) is 0 Å². The minimum atomic E-state index is -0.417. The Bertz CT molecular complexity index is 1320. The van der Waals surface area contributed by atoms with Gasteiger partial charge >= 0.3 is 0 Å². The summed E-state index contributed by atoms with van der Waals surface area (Å²) < 4.78 is 19.1. The Hall–Kier alpha value is -2.90. The minimum absolute atomic E-state index is 0.104. The van der Waals surface area contributed by atoms with E-state index in [0.29, 0.717) is 32.4 Å². The van der Waals surface area contributed by atoms with Gasteiger partial charge in [-0.3, -0.25) is 19.6 Å². The highest BCUT2D eigenvalue weighted by molar-refractivity contribution is 7.38. The van der Waals surface area contributed by atoms with E-state index in [1.54, 1.807) is 13.0 Å². The molecule has 1 amide bonds. The van der Waals surface area contributed by atoms with Crippen LogP contribution in [-0.2, 0) is 33.7 Å². The number of aromatic nitrogens is 1. The van der Waals surface area contributed by atoms with Crippen LogP contribution in [0.1, 0.15) is 30.2 Å². The monoisotopic (exact) mass is 508 g/mol. The van der Waals surface area contributed by atoms with E-state index in [1.165, 1.54) is 17.7 Å². The van der Waals surface area contributed by atoms with Crippen LogP contribution in [0.25, 0.3) is 10.9 Å². The molecule has 0 bridgehead atoms. The van der Waals surface area contributed by atoms with E-state index in [9.17, 15) is 14.0 Å². The number of epoxide rings is 1. The van der Waals surface area contributed by atoms with Crippen LogP contribution < -0.4 is 10.4 Å². The van der Waals surface area contributed by atoms with E-state index in [1.807, 2.05) is 25.2 Å². The number of nitrogens with one attached hydrogen (secondary N) is 3. The van der Waals surface area contributed by atoms with E-state index in [4.69, 9.17) is 4.74 Å². The number of carbonyl (C=O) groups excluding carboxylic acids is 2. The lowest BCUT2D eigenvalue weighted by Crippen LogP contribution is -2.50. The molecule has 2 aliphatic rings. The Balaban J connectivity index is 1.44. The van der Waals surface area contributed by atoms with Gasteiger partial charge in [0.2, 0.25) is 0 Å². The summed E-state index contributed by atoms with van der Waals surface area (Å²) in [4.78, 5) is 31.2. The number of para-hydroxylation sites is 1. The molecule has 1 saturated heterocycles. The summed E-state index contributed by atoms with van der Waals surface area (Å²) in [6.45, 7) is 2.64. The summed E-state index contributed by atoms with van der Waals surface area (Å²) in [5, 5.41) is 7.48. The number of Topliss-reactive ketones (excluding diaryl/α,β-unsaturated/α-hetero) is 1. The molecule has 3 N–H and O–H groups in total. The highest BCUT2D eigenvalue weighted by Crippen LogP contribution is 2.32. The van der Waals surface area contributed by atoms with Gasteiger partial charge in [0.15, 0.2) is 6.10 Å². The lowest BCUT2D eigenvalue weighted by Gasteiger charge is -2.36. The summed E-state index contributed by atoms with van der Waals surface area (Å²) in [6, 6.07) is 14.0. The minimum Gasteiger partial charge on any atom is -0.363 e. The molecule has 188 valence electrons. The largest absolute Gasteiger partial charge is 0.363 e. The Morgan fingerprint density at radius 1 is 1.25 bits per heavy atom. The molecule has 0 saturated carbocycles. The van der Waals surface area contributed by atoms with Crippen molar-refractivity contribution in [2.45, 2.75) is 50.9 Å². The fourth-order valence-electron chi connectivity index (χ4n) is 5.04. The van der Waals surface area contributed by atoms with Crippen molar-refractivity contribution in [2.75, 3.05) is 13.7 Å². The number of H-pyrrole nitrogens is 1. The number of carbonyl (C=O) groups is 2. The van der Waals surface area contributed by atoms with E-state index >= 15 is 0 Å². The molecule has 2 aromatic carbocycles. The zero-order valence-corrected chi connectivity index (χ0v) is 21.3. The van der Waals surface area contributed by atoms with Crippen LogP contribution in [0.4, 0.5) is 4.39 Å². The third-order valence-corrected chi connectivity index (χ3v) is 7.74. The van der Waals surface area contributed by atoms with Gasteiger partial charge in [0.25, 0.3) is 5.91 Å². The first kappa shape index (κ1) is 24.8. The van der Waals surface area contributed by atoms with Gasteiger partial charge in [0.1, 0.15) is 11.6 Å². The third kappa shape index (κ3) is 5.42. The number of hydrogen-bond acceptors (Lipinski definition) is 4. The molecule has 0 aliphatic carbocycles. The van der Waals surface area contributed by atoms with Crippen molar-refractivity contribution >= 4 is 36.4 Å². The number of halogens is 1. The Morgan fingerprint density at radius 2 is 2.06 bits per heavy atom. The smallest absolute Gasteiger partial charge is 0.251 e. The number of fused-ring (bicyclic) bond motifs is 3. The maximum atomic E-state index is 13.9. The topological polar surface area (TPSA) is 89.8 Å². The lowest BCUT2D eigenvalue weighted by molar-refractivity contribution is -0.123. The number of hydrogen-bond donors (Lipinski definition) is 3. The molecule has 36 heavy (non-hydrogen) atoms. The summed E-state index contributed by atoms with van der Waals surface area (Å²) >= 11 is 0. The second-order valence-corrected chi connectivity index (χ2v) is 10.6. The number of ether oxygens (including phenoxy) is 1. The van der Waals surface area contributed by atoms with Gasteiger partial charge in [0, 0.05) is 41.0 Å². The normalized spacial score (nSPS) is 20.7. The van der Waals surface area contributed by atoms with Crippen molar-refractivity contribution in [3.05, 3.63) is 71.2 Å². The molecule has 3 heterocycles. The van der Waals surface area contributed by atoms with Gasteiger partial charge in [-0.25, -0.2) is 4.39 Å². The molecular weight excluding hydrogens is 478 g/mol. The molecular formula is C27H30FN4O3P. The van der Waals surface area contributed by atoms with Crippen molar-refractivity contribution in [3.8, 4) is 0 Å². The third-order valence-electron chi connectivity index (χ3n) is 6.82. The van der Waals surface area contributed by atoms with Gasteiger partial charge < -0.3 is 15.0 Å². The van der Waals surface area contributed by atoms with E-state index in [0.717, 1.165) is 35.9 Å². The molecule has 9 heteroatoms. The van der Waals surface area contributed by atoms with Crippen molar-refractivity contribution in [1.82, 2.24) is 20.3 Å². The average Bonchev–Trinajstić information content (AvgIpc) is 3.64. The van der Waals surface area contributed by atoms with Crippen LogP contribution in [0.15, 0.2) is 48.5 Å². The Morgan fingerprint density at radius 3 is 2.78 bits per heavy atom. The number of nitrogens with zero attached hydrogens (tertiary/aromatic N) is 1. The number of ketones is 1. The van der Waals surface area contributed by atoms with Gasteiger partial charge in [-0.15, -0.1) is 0 Å². The predicted molar refractivity (Wildman–Crippen MR) is 139 cm³/mol. The van der Waals surface area contributed by atoms with E-state index < -0.39 is 6.10 Å². The fraction of sp³-hybridized carbons (Fsp3) is 0.370. The predicted octanol–water partition coefficient (Wildman–Crippen LogP) is 3.35. The molecule has 0 spiro atoms. The SMILES string of the molecule is CNP=C(C[C@@H](Cc1cccc(F)c1)NC(=O)C1CO1)N1Cc2[nH]c3ccccc3c2C[C@@H]1C(C)=O. The number of rotatable bonds is 9. The second-order valence-electron chi connectivity index (χ2n) is 9.40. The van der Waals surface area contributed by atoms with Crippen molar-refractivity contribution < 1.29 is 18.7 Å². The van der Waals surface area contributed by atoms with Crippen LogP contribution in [0.2, 0.25) is 0 Å². The summed E-state index contributed by atoms with van der Waals surface area (Å²) in [5.41, 5.74) is 5.17. The maximum absolute atomic E-state index is 13.9. The van der Waals surface area contributed by atoms with Gasteiger partial charge in [0.05, 0.1) is 12.6 Å². The highest BCUT2D eigenvalue weighted by Gasteiger charge is 2.36. The van der Waals surface area contributed by atoms with Crippen molar-refractivity contribution in [2.24, 2.45) is 0 Å². The van der Waals surface area contributed by atoms with Crippen molar-refractivity contribution in [3.63, 3.8) is 0 Å². The zero-order chi connectivity index (χ0) is 25.2. The fourth-order valence-corrected chi connectivity index (χ4v) is 5.94. The molecule has 7 nitrogen and oxygen atoms in total. The van der Waals surface area contributed by atoms with Crippen LogP contribution in [0.5, 0.6) is 0 Å². The van der Waals surface area contributed by atoms with E-state index in [2.05, 4.69) is 32.4 Å². The van der Waals surface area contributed by atoms with Gasteiger partial charge in [-0.05, 0) is 64.5 Å². The lowest BCUT2D eigenvalue weighted by atomic mass is 9.93. The zero-order valence-electron chi connectivity index (χ0n) is 20.4. The van der Waals surface area contributed by atoms with Crippen LogP contribution in [0, 0.1) is 5.82 Å². The molecule has 5 rings (SSSR count). The number of amides is 1. The number of benzene rings is 2. The quantitative estimate of drug-likeness (QED) is 0.305. The van der Waals surface area contributed by atoms with Crippen LogP contribution in [-0.4, -0.2) is 58.8 Å². The standard InChI is InChI=1S/C27H30FN4O3P/c1-16(33)24-13-21-20-8-3-4-9-22(20)31-23(21)14-32(24)26(36-29-2)12-19(30-27(34)25-15-35-25)11-17-6-5-7-18(28)10-17/h3-10,19,24-25,29,31H,11-15H2,1-2H3,(H,30,34)/t19-,24-,25?/m1/s1. The molecule has 1 unspecified atom stereocenters. The highest BCUT2D eigenvalue weighted by atomic mass is 31.1. The maximum Gasteiger partial charge on any atom is 0.251 e. The molecule has 0 radical (unpaired) electrons. The average molecular weight is 509 g/mol. The first-order chi connectivity index (χ1) is 17.4. The molecule has 2 aliphatic heterocycles. The van der Waals surface area contributed by atoms with Gasteiger partial charge in [-0.1, -0.05) is 30.3 Å². The Kier molecular flexibility index (Phi) is 7.30. The first-order valence-electron chi connectivity index (χ1n) is 12.2. The summed E-state index contributed by atoms with van der Waals surface area (Å²) in [5.74, 6) is -0.358. The molecule has 1 aromatic heterocycles. The summed E-state index contributed by atoms with van der Waals surface area (Å²) in [7, 11) is 2.72. The molecule has 3 atom stereocenters. The first-order valence-corrected chi connectivity index (χ1v) is 13.1. The molecule has 3 aromatic rings.